The molecule has 3 rings (SSSR count). The molecule has 0 saturated carbocycles. The van der Waals surface area contributed by atoms with Crippen LogP contribution in [-0.4, -0.2) is 36.3 Å². The van der Waals surface area contributed by atoms with Crippen molar-refractivity contribution in [3.8, 4) is 5.75 Å². The summed E-state index contributed by atoms with van der Waals surface area (Å²) in [6.45, 7) is 0. The number of rotatable bonds is 4. The molecule has 4 atom stereocenters. The van der Waals surface area contributed by atoms with Crippen molar-refractivity contribution in [3.05, 3.63) is 36.4 Å². The monoisotopic (exact) mass is 289 g/mol. The minimum absolute atomic E-state index is 0.354. The highest BCUT2D eigenvalue weighted by Gasteiger charge is 2.53. The zero-order chi connectivity index (χ0) is 15.0. The molecule has 1 aromatic carbocycles. The van der Waals surface area contributed by atoms with Gasteiger partial charge in [-0.3, -0.25) is 9.59 Å². The highest BCUT2D eigenvalue weighted by Crippen LogP contribution is 2.39. The van der Waals surface area contributed by atoms with Gasteiger partial charge in [-0.15, -0.1) is 0 Å². The van der Waals surface area contributed by atoms with Crippen molar-refractivity contribution in [2.24, 2.45) is 11.8 Å². The SMILES string of the molecule is COc1cccc(NC(=O)[C@H]2[C@@H](C(=O)O)[C@@H]3C=C[C@@H]2O3)c1. The molecule has 2 bridgehead atoms. The highest BCUT2D eigenvalue weighted by molar-refractivity contribution is 5.96. The van der Waals surface area contributed by atoms with Crippen LogP contribution in [0.15, 0.2) is 36.4 Å². The number of hydrogen-bond donors (Lipinski definition) is 2. The summed E-state index contributed by atoms with van der Waals surface area (Å²) in [5.41, 5.74) is 0.565. The van der Waals surface area contributed by atoms with Gasteiger partial charge < -0.3 is 19.9 Å². The highest BCUT2D eigenvalue weighted by atomic mass is 16.5. The van der Waals surface area contributed by atoms with E-state index >= 15 is 0 Å². The Labute approximate surface area is 121 Å². The molecular weight excluding hydrogens is 274 g/mol. The summed E-state index contributed by atoms with van der Waals surface area (Å²) in [6.07, 6.45) is 2.47. The van der Waals surface area contributed by atoms with Gasteiger partial charge in [0.1, 0.15) is 11.7 Å². The summed E-state index contributed by atoms with van der Waals surface area (Å²) in [5, 5.41) is 12.0. The number of anilines is 1. The second-order valence-electron chi connectivity index (χ2n) is 5.06. The molecule has 6 heteroatoms. The maximum Gasteiger partial charge on any atom is 0.310 e. The molecule has 110 valence electrons. The Balaban J connectivity index is 1.78. The first kappa shape index (κ1) is 13.6. The first-order chi connectivity index (χ1) is 10.1. The molecular formula is C15H15NO5. The maximum absolute atomic E-state index is 12.4. The summed E-state index contributed by atoms with van der Waals surface area (Å²) in [6, 6.07) is 6.91. The van der Waals surface area contributed by atoms with E-state index in [-0.39, 0.29) is 5.91 Å². The van der Waals surface area contributed by atoms with Crippen LogP contribution >= 0.6 is 0 Å². The van der Waals surface area contributed by atoms with Gasteiger partial charge in [-0.2, -0.15) is 0 Å². The number of carbonyl (C=O) groups excluding carboxylic acids is 1. The van der Waals surface area contributed by atoms with Gasteiger partial charge in [0.05, 0.1) is 25.2 Å². The number of nitrogens with one attached hydrogen (secondary N) is 1. The third kappa shape index (κ3) is 2.38. The lowest BCUT2D eigenvalue weighted by Crippen LogP contribution is -2.39. The Morgan fingerprint density at radius 3 is 2.62 bits per heavy atom. The van der Waals surface area contributed by atoms with Crippen molar-refractivity contribution < 1.29 is 24.2 Å². The first-order valence-corrected chi connectivity index (χ1v) is 6.61. The van der Waals surface area contributed by atoms with Crippen LogP contribution in [0.5, 0.6) is 5.75 Å². The van der Waals surface area contributed by atoms with E-state index in [0.717, 1.165) is 0 Å². The fraction of sp³-hybridized carbons (Fsp3) is 0.333. The number of aliphatic carboxylic acids is 1. The molecule has 0 aromatic heterocycles. The van der Waals surface area contributed by atoms with E-state index in [0.29, 0.717) is 11.4 Å². The van der Waals surface area contributed by atoms with Crippen molar-refractivity contribution in [2.45, 2.75) is 12.2 Å². The Bertz CT molecular complexity index is 612. The fourth-order valence-corrected chi connectivity index (χ4v) is 2.84. The van der Waals surface area contributed by atoms with Crippen molar-refractivity contribution in [2.75, 3.05) is 12.4 Å². The molecule has 0 aliphatic carbocycles. The van der Waals surface area contributed by atoms with Gasteiger partial charge in [-0.05, 0) is 12.1 Å². The number of ether oxygens (including phenoxy) is 2. The molecule has 0 radical (unpaired) electrons. The second kappa shape index (κ2) is 5.21. The number of carboxylic acid groups (broad SMARTS) is 1. The average Bonchev–Trinajstić information content (AvgIpc) is 3.07. The number of carbonyl (C=O) groups is 2. The molecule has 2 N–H and O–H groups in total. The third-order valence-electron chi connectivity index (χ3n) is 3.82. The summed E-state index contributed by atoms with van der Waals surface area (Å²) >= 11 is 0. The first-order valence-electron chi connectivity index (χ1n) is 6.61. The molecule has 2 aliphatic rings. The minimum Gasteiger partial charge on any atom is -0.497 e. The van der Waals surface area contributed by atoms with Crippen molar-refractivity contribution in [1.82, 2.24) is 0 Å². The van der Waals surface area contributed by atoms with E-state index in [9.17, 15) is 14.7 Å². The molecule has 1 saturated heterocycles. The van der Waals surface area contributed by atoms with Gasteiger partial charge >= 0.3 is 5.97 Å². The zero-order valence-electron chi connectivity index (χ0n) is 11.4. The van der Waals surface area contributed by atoms with E-state index in [4.69, 9.17) is 9.47 Å². The van der Waals surface area contributed by atoms with Crippen LogP contribution in [0.3, 0.4) is 0 Å². The van der Waals surface area contributed by atoms with Gasteiger partial charge in [0.25, 0.3) is 0 Å². The van der Waals surface area contributed by atoms with E-state index in [2.05, 4.69) is 5.32 Å². The summed E-state index contributed by atoms with van der Waals surface area (Å²) in [5.74, 6) is -2.31. The zero-order valence-corrected chi connectivity index (χ0v) is 11.4. The van der Waals surface area contributed by atoms with Crippen LogP contribution < -0.4 is 10.1 Å². The molecule has 6 nitrogen and oxygen atoms in total. The Morgan fingerprint density at radius 1 is 1.24 bits per heavy atom. The topological polar surface area (TPSA) is 84.9 Å². The van der Waals surface area contributed by atoms with Crippen molar-refractivity contribution in [3.63, 3.8) is 0 Å². The number of carboxylic acids is 1. The Morgan fingerprint density at radius 2 is 1.95 bits per heavy atom. The van der Waals surface area contributed by atoms with Gasteiger partial charge in [-0.1, -0.05) is 18.2 Å². The number of amides is 1. The molecule has 0 spiro atoms. The standard InChI is InChI=1S/C15H15NO5/c1-20-9-4-2-3-8(7-9)16-14(17)12-10-5-6-11(21-10)13(12)15(18)19/h2-7,10-13H,1H3,(H,16,17)(H,18,19)/t10-,11-,12+,13-/m0/s1. The Hall–Kier alpha value is -2.34. The quantitative estimate of drug-likeness (QED) is 0.816. The lowest BCUT2D eigenvalue weighted by molar-refractivity contribution is -0.145. The van der Waals surface area contributed by atoms with Crippen molar-refractivity contribution >= 4 is 17.6 Å². The molecule has 1 aromatic rings. The lowest BCUT2D eigenvalue weighted by atomic mass is 9.82. The number of hydrogen-bond acceptors (Lipinski definition) is 4. The molecule has 21 heavy (non-hydrogen) atoms. The number of methoxy groups -OCH3 is 1. The normalized spacial score (nSPS) is 29.4. The van der Waals surface area contributed by atoms with Crippen LogP contribution in [-0.2, 0) is 14.3 Å². The van der Waals surface area contributed by atoms with Crippen LogP contribution in [0.1, 0.15) is 0 Å². The molecule has 2 heterocycles. The predicted molar refractivity (Wildman–Crippen MR) is 74.0 cm³/mol. The second-order valence-corrected chi connectivity index (χ2v) is 5.06. The van der Waals surface area contributed by atoms with Gasteiger partial charge in [-0.25, -0.2) is 0 Å². The summed E-state index contributed by atoms with van der Waals surface area (Å²) < 4.78 is 10.6. The van der Waals surface area contributed by atoms with Crippen LogP contribution in [0.4, 0.5) is 5.69 Å². The third-order valence-corrected chi connectivity index (χ3v) is 3.82. The van der Waals surface area contributed by atoms with E-state index < -0.39 is 30.0 Å². The van der Waals surface area contributed by atoms with Crippen LogP contribution in [0.2, 0.25) is 0 Å². The largest absolute Gasteiger partial charge is 0.497 e. The predicted octanol–water partition coefficient (Wildman–Crippen LogP) is 1.29. The minimum atomic E-state index is -1.02. The number of benzene rings is 1. The maximum atomic E-state index is 12.4. The van der Waals surface area contributed by atoms with Crippen LogP contribution in [0, 0.1) is 11.8 Å². The summed E-state index contributed by atoms with van der Waals surface area (Å²) in [7, 11) is 1.54. The van der Waals surface area contributed by atoms with E-state index in [1.807, 2.05) is 0 Å². The average molecular weight is 289 g/mol. The van der Waals surface area contributed by atoms with E-state index in [1.54, 1.807) is 36.4 Å². The van der Waals surface area contributed by atoms with Gasteiger partial charge in [0, 0.05) is 11.8 Å². The molecule has 1 amide bonds. The molecule has 2 aliphatic heterocycles. The Kier molecular flexibility index (Phi) is 3.39. The fourth-order valence-electron chi connectivity index (χ4n) is 2.84. The van der Waals surface area contributed by atoms with Gasteiger partial charge in [0.15, 0.2) is 0 Å². The van der Waals surface area contributed by atoms with Crippen molar-refractivity contribution in [1.29, 1.82) is 0 Å². The smallest absolute Gasteiger partial charge is 0.310 e. The van der Waals surface area contributed by atoms with Crippen LogP contribution in [0.25, 0.3) is 0 Å². The van der Waals surface area contributed by atoms with Gasteiger partial charge in [0.2, 0.25) is 5.91 Å². The lowest BCUT2D eigenvalue weighted by Gasteiger charge is -2.21. The van der Waals surface area contributed by atoms with E-state index in [1.165, 1.54) is 7.11 Å². The molecule has 0 unspecified atom stereocenters. The molecule has 1 fully saturated rings. The summed E-state index contributed by atoms with van der Waals surface area (Å²) in [4.78, 5) is 23.7. The number of fused-ring (bicyclic) bond motifs is 2.